The Morgan fingerprint density at radius 2 is 0.526 bits per heavy atom. The van der Waals surface area contributed by atoms with Crippen molar-refractivity contribution in [3.63, 3.8) is 0 Å². The SMILES string of the molecule is CC/C=C\C/C=C\C/C=C\C/C=C\C/C=C\C/C=C\C/C=C\C/C=C\C/C=C\CCCCCCCCCCCCCC(=O)OC(CO)COC(=O)CCCCCCCCCCCC/C=C\C/C=C\C/C=C\C/C=C\CC. The highest BCUT2D eigenvalue weighted by atomic mass is 16.6. The summed E-state index contributed by atoms with van der Waals surface area (Å²) in [7, 11) is 0. The van der Waals surface area contributed by atoms with Gasteiger partial charge in [-0.1, -0.05) is 281 Å². The predicted octanol–water partition coefficient (Wildman–Crippen LogP) is 21.5. The summed E-state index contributed by atoms with van der Waals surface area (Å²) in [6, 6.07) is 0. The Balaban J connectivity index is 3.57. The minimum absolute atomic E-state index is 0.0772. The number of aliphatic hydroxyl groups is 1. The molecule has 0 aromatic carbocycles. The maximum Gasteiger partial charge on any atom is 0.306 e. The van der Waals surface area contributed by atoms with Crippen molar-refractivity contribution < 1.29 is 24.2 Å². The maximum absolute atomic E-state index is 12.3. The Kier molecular flexibility index (Phi) is 61.0. The monoisotopic (exact) mass is 1050 g/mol. The molecule has 0 aliphatic heterocycles. The molecule has 0 saturated carbocycles. The zero-order chi connectivity index (χ0) is 54.8. The summed E-state index contributed by atoms with van der Waals surface area (Å²) in [5.74, 6) is -0.604. The standard InChI is InChI=1S/C71H114O5/c1-3-5-7-9-11-13-15-17-19-21-23-25-27-28-29-30-31-32-33-34-35-36-37-38-39-40-41-42-44-46-48-50-52-54-56-58-60-62-64-66-71(74)76-69(67-72)68-75-70(73)65-63-61-59-57-55-53-51-49-47-45-43-26-24-22-20-18-16-14-12-10-8-6-4-2/h5-8,11-14,17-20,23-26,28-29,31-32,34-35,37-38,40-41,69,72H,3-4,9-10,15-16,21-22,27,30,33,36,39,42-68H2,1-2H3/b7-5-,8-6-,13-11-,14-12-,19-17-,20-18-,25-23-,26-24-,29-28-,32-31-,35-34-,38-37-,41-40-. The van der Waals surface area contributed by atoms with Crippen LogP contribution in [0.25, 0.3) is 0 Å². The third kappa shape index (κ3) is 62.1. The van der Waals surface area contributed by atoms with Crippen LogP contribution in [-0.2, 0) is 19.1 Å². The van der Waals surface area contributed by atoms with Crippen LogP contribution in [-0.4, -0.2) is 36.4 Å². The number of hydrogen-bond donors (Lipinski definition) is 1. The van der Waals surface area contributed by atoms with Gasteiger partial charge in [0.2, 0.25) is 0 Å². The molecule has 76 heavy (non-hydrogen) atoms. The highest BCUT2D eigenvalue weighted by molar-refractivity contribution is 5.70. The topological polar surface area (TPSA) is 72.8 Å². The van der Waals surface area contributed by atoms with Gasteiger partial charge in [0.05, 0.1) is 6.61 Å². The van der Waals surface area contributed by atoms with E-state index in [9.17, 15) is 14.7 Å². The highest BCUT2D eigenvalue weighted by Crippen LogP contribution is 2.15. The van der Waals surface area contributed by atoms with Crippen LogP contribution >= 0.6 is 0 Å². The highest BCUT2D eigenvalue weighted by Gasteiger charge is 2.16. The van der Waals surface area contributed by atoms with E-state index in [4.69, 9.17) is 9.47 Å². The first kappa shape index (κ1) is 71.5. The second-order valence-electron chi connectivity index (χ2n) is 20.0. The molecule has 0 spiro atoms. The van der Waals surface area contributed by atoms with Gasteiger partial charge in [0.1, 0.15) is 6.61 Å². The number of carbonyl (C=O) groups is 2. The molecule has 1 N–H and O–H groups in total. The van der Waals surface area contributed by atoms with Gasteiger partial charge >= 0.3 is 11.9 Å². The van der Waals surface area contributed by atoms with Crippen LogP contribution < -0.4 is 0 Å². The fourth-order valence-corrected chi connectivity index (χ4v) is 8.25. The number of unbranched alkanes of at least 4 members (excludes halogenated alkanes) is 21. The Bertz CT molecular complexity index is 1660. The minimum Gasteiger partial charge on any atom is -0.462 e. The lowest BCUT2D eigenvalue weighted by atomic mass is 10.0. The van der Waals surface area contributed by atoms with Gasteiger partial charge in [-0.15, -0.1) is 0 Å². The van der Waals surface area contributed by atoms with Gasteiger partial charge in [-0.3, -0.25) is 9.59 Å². The van der Waals surface area contributed by atoms with Crippen LogP contribution in [0.4, 0.5) is 0 Å². The molecular formula is C71H114O5. The van der Waals surface area contributed by atoms with Crippen molar-refractivity contribution in [1.82, 2.24) is 0 Å². The van der Waals surface area contributed by atoms with E-state index < -0.39 is 6.10 Å². The van der Waals surface area contributed by atoms with Gasteiger partial charge in [-0.2, -0.15) is 0 Å². The number of allylic oxidation sites excluding steroid dienone is 26. The molecule has 0 bridgehead atoms. The van der Waals surface area contributed by atoms with Crippen LogP contribution in [0.3, 0.4) is 0 Å². The Morgan fingerprint density at radius 3 is 0.789 bits per heavy atom. The molecule has 0 rings (SSSR count). The molecule has 0 fully saturated rings. The van der Waals surface area contributed by atoms with Crippen molar-refractivity contribution in [2.45, 2.75) is 264 Å². The first-order valence-corrected chi connectivity index (χ1v) is 31.0. The zero-order valence-corrected chi connectivity index (χ0v) is 49.0. The number of ether oxygens (including phenoxy) is 2. The van der Waals surface area contributed by atoms with Gasteiger partial charge in [0.25, 0.3) is 0 Å². The van der Waals surface area contributed by atoms with Gasteiger partial charge in [-0.05, 0) is 122 Å². The fraction of sp³-hybridized carbons (Fsp3) is 0.606. The molecule has 5 nitrogen and oxygen atoms in total. The van der Waals surface area contributed by atoms with Gasteiger partial charge in [0.15, 0.2) is 6.10 Å². The second-order valence-corrected chi connectivity index (χ2v) is 20.0. The number of carbonyl (C=O) groups excluding carboxylic acids is 2. The van der Waals surface area contributed by atoms with E-state index in [1.54, 1.807) is 0 Å². The third-order valence-corrected chi connectivity index (χ3v) is 12.8. The van der Waals surface area contributed by atoms with Crippen molar-refractivity contribution in [2.75, 3.05) is 13.2 Å². The van der Waals surface area contributed by atoms with Crippen molar-refractivity contribution in [3.8, 4) is 0 Å². The molecule has 5 heteroatoms. The molecular weight excluding hydrogens is 933 g/mol. The van der Waals surface area contributed by atoms with Gasteiger partial charge in [0, 0.05) is 12.8 Å². The molecule has 0 radical (unpaired) electrons. The normalized spacial score (nSPS) is 13.4. The van der Waals surface area contributed by atoms with Crippen LogP contribution in [0.1, 0.15) is 258 Å². The molecule has 0 aromatic heterocycles. The zero-order valence-electron chi connectivity index (χ0n) is 49.0. The summed E-state index contributed by atoms with van der Waals surface area (Å²) >= 11 is 0. The molecule has 0 aliphatic carbocycles. The average Bonchev–Trinajstić information content (AvgIpc) is 3.42. The molecule has 428 valence electrons. The van der Waals surface area contributed by atoms with Crippen molar-refractivity contribution >= 4 is 11.9 Å². The summed E-state index contributed by atoms with van der Waals surface area (Å²) in [5.41, 5.74) is 0. The number of esters is 2. The molecule has 1 atom stereocenters. The molecule has 0 aliphatic rings. The first-order valence-electron chi connectivity index (χ1n) is 31.0. The fourth-order valence-electron chi connectivity index (χ4n) is 8.25. The molecule has 0 aromatic rings. The number of rotatable bonds is 55. The minimum atomic E-state index is -0.787. The summed E-state index contributed by atoms with van der Waals surface area (Å²) in [5, 5.41) is 9.67. The van der Waals surface area contributed by atoms with Crippen molar-refractivity contribution in [3.05, 3.63) is 158 Å². The van der Waals surface area contributed by atoms with Crippen LogP contribution in [0.5, 0.6) is 0 Å². The quantitative estimate of drug-likeness (QED) is 0.0373. The van der Waals surface area contributed by atoms with Gasteiger partial charge < -0.3 is 14.6 Å². The van der Waals surface area contributed by atoms with Crippen LogP contribution in [0.15, 0.2) is 158 Å². The van der Waals surface area contributed by atoms with Gasteiger partial charge in [-0.25, -0.2) is 0 Å². The Labute approximate surface area is 469 Å². The summed E-state index contributed by atoms with van der Waals surface area (Å²) in [6.45, 7) is 3.91. The Morgan fingerprint density at radius 1 is 0.303 bits per heavy atom. The summed E-state index contributed by atoms with van der Waals surface area (Å²) in [6.07, 6.45) is 99.4. The second kappa shape index (κ2) is 64.8. The van der Waals surface area contributed by atoms with Crippen LogP contribution in [0.2, 0.25) is 0 Å². The lowest BCUT2D eigenvalue weighted by Gasteiger charge is -2.15. The summed E-state index contributed by atoms with van der Waals surface area (Å²) < 4.78 is 10.7. The van der Waals surface area contributed by atoms with E-state index in [-0.39, 0.29) is 25.2 Å². The number of aliphatic hydroxyl groups excluding tert-OH is 1. The van der Waals surface area contributed by atoms with Crippen molar-refractivity contribution in [2.24, 2.45) is 0 Å². The van der Waals surface area contributed by atoms with Crippen molar-refractivity contribution in [1.29, 1.82) is 0 Å². The van der Waals surface area contributed by atoms with Crippen LogP contribution in [0, 0.1) is 0 Å². The number of hydrogen-bond acceptors (Lipinski definition) is 5. The first-order chi connectivity index (χ1) is 37.6. The Hall–Kier alpha value is -4.48. The smallest absolute Gasteiger partial charge is 0.306 e. The van der Waals surface area contributed by atoms with E-state index >= 15 is 0 Å². The van der Waals surface area contributed by atoms with E-state index in [1.807, 2.05) is 0 Å². The molecule has 0 amide bonds. The largest absolute Gasteiger partial charge is 0.462 e. The predicted molar refractivity (Wildman–Crippen MR) is 334 cm³/mol. The average molecular weight is 1050 g/mol. The summed E-state index contributed by atoms with van der Waals surface area (Å²) in [4.78, 5) is 24.6. The molecule has 1 unspecified atom stereocenters. The van der Waals surface area contributed by atoms with E-state index in [1.165, 1.54) is 109 Å². The molecule has 0 saturated heterocycles. The maximum atomic E-state index is 12.3. The lowest BCUT2D eigenvalue weighted by Crippen LogP contribution is -2.28. The van der Waals surface area contributed by atoms with E-state index in [0.29, 0.717) is 12.8 Å². The molecule has 0 heterocycles. The third-order valence-electron chi connectivity index (χ3n) is 12.8. The van der Waals surface area contributed by atoms with E-state index in [0.717, 1.165) is 122 Å². The van der Waals surface area contributed by atoms with E-state index in [2.05, 4.69) is 172 Å². The lowest BCUT2D eigenvalue weighted by molar-refractivity contribution is -0.161.